The second-order valence-corrected chi connectivity index (χ2v) is 0.986. The van der Waals surface area contributed by atoms with Crippen molar-refractivity contribution < 1.29 is 0 Å². The van der Waals surface area contributed by atoms with Gasteiger partial charge in [-0.2, -0.15) is 0 Å². The van der Waals surface area contributed by atoms with Crippen molar-refractivity contribution in [3.8, 4) is 0 Å². The molecular formula is H2B2PS. The first-order valence-corrected chi connectivity index (χ1v) is 2.04. The Hall–Kier alpha value is 0.780. The summed E-state index contributed by atoms with van der Waals surface area (Å²) in [5, 5.41) is 0. The molecule has 4 heavy (non-hydrogen) atoms. The molecule has 0 saturated carbocycles. The molecule has 0 N–H and O–H groups in total. The quantitative estimate of drug-likeness (QED) is 0.325. The molecule has 0 heterocycles. The van der Waals surface area contributed by atoms with Gasteiger partial charge in [0.1, 0.15) is 0 Å². The van der Waals surface area contributed by atoms with E-state index in [9.17, 15) is 0 Å². The Bertz CT molecular complexity index is 20.0. The first-order chi connectivity index (χ1) is 1.91. The van der Waals surface area contributed by atoms with Crippen molar-refractivity contribution in [1.29, 1.82) is 0 Å². The summed E-state index contributed by atoms with van der Waals surface area (Å²) < 4.78 is 0. The van der Waals surface area contributed by atoms with Crippen LogP contribution in [0.25, 0.3) is 0 Å². The molecule has 1 radical (unpaired) electrons. The van der Waals surface area contributed by atoms with E-state index in [1.165, 1.54) is 0 Å². The maximum atomic E-state index is 4.35. The second kappa shape index (κ2) is 3.78. The monoisotopic (exact) mass is 87.0 g/mol. The van der Waals surface area contributed by atoms with Crippen LogP contribution in [0, 0.1) is 0 Å². The van der Waals surface area contributed by atoms with Gasteiger partial charge in [-0.05, 0) is 0 Å². The molecule has 0 aliphatic heterocycles. The first-order valence-electron chi connectivity index (χ1n) is 0.902. The van der Waals surface area contributed by atoms with Gasteiger partial charge < -0.3 is 0 Å². The second-order valence-electron chi connectivity index (χ2n) is 0.329. The van der Waals surface area contributed by atoms with Gasteiger partial charge in [0.25, 0.3) is 0 Å². The van der Waals surface area contributed by atoms with Gasteiger partial charge in [-0.15, -0.1) is 0 Å². The average Bonchev–Trinajstić information content (AvgIpc) is 1.37. The fourth-order valence-corrected chi connectivity index (χ4v) is 0. The predicted octanol–water partition coefficient (Wildman–Crippen LogP) is 0.212. The molecule has 1 unspecified atom stereocenters. The van der Waals surface area contributed by atoms with Crippen LogP contribution in [0.15, 0.2) is 0 Å². The molecule has 0 fully saturated rings. The zero-order valence-electron chi connectivity index (χ0n) is 2.14. The molecule has 0 bridgehead atoms. The third-order valence-corrected chi connectivity index (χ3v) is 0.707. The zero-order valence-corrected chi connectivity index (χ0v) is 4.11. The molecule has 0 saturated heterocycles. The van der Waals surface area contributed by atoms with Crippen molar-refractivity contribution in [2.24, 2.45) is 0 Å². The molecular weight excluding hydrogens is 84.7 g/mol. The summed E-state index contributed by atoms with van der Waals surface area (Å²) in [7, 11) is 2.37. The Morgan fingerprint density at radius 2 is 2.00 bits per heavy atom. The van der Waals surface area contributed by atoms with Gasteiger partial charge in [-0.25, -0.2) is 0 Å². The van der Waals surface area contributed by atoms with Gasteiger partial charge in [0, 0.05) is 0 Å². The molecule has 0 amide bonds. The summed E-state index contributed by atoms with van der Waals surface area (Å²) in [6.45, 7) is 1.73. The maximum absolute atomic E-state index is 4.35. The van der Waals surface area contributed by atoms with E-state index in [1.54, 1.807) is 12.9 Å². The fraction of sp³-hybridized carbons (Fsp3) is 0. The van der Waals surface area contributed by atoms with E-state index in [4.69, 9.17) is 0 Å². The van der Waals surface area contributed by atoms with Gasteiger partial charge >= 0.3 is 34.1 Å². The summed E-state index contributed by atoms with van der Waals surface area (Å²) in [4.78, 5) is 0. The molecule has 0 aliphatic rings. The Morgan fingerprint density at radius 3 is 2.00 bits per heavy atom. The number of hydrogen-bond acceptors (Lipinski definition) is 1. The molecule has 0 spiro atoms. The van der Waals surface area contributed by atoms with Crippen molar-refractivity contribution in [3.63, 3.8) is 0 Å². The van der Waals surface area contributed by atoms with Crippen LogP contribution >= 0.6 is 21.2 Å². The average molecular weight is 86.7 g/mol. The number of hydrogen-bond donors (Lipinski definition) is 0. The molecule has 0 aliphatic carbocycles. The van der Waals surface area contributed by atoms with E-state index < -0.39 is 0 Å². The summed E-state index contributed by atoms with van der Waals surface area (Å²) in [6, 6.07) is 1.55. The van der Waals surface area contributed by atoms with Gasteiger partial charge in [0.05, 0.1) is 0 Å². The zero-order chi connectivity index (χ0) is 3.41. The van der Waals surface area contributed by atoms with Crippen molar-refractivity contribution in [2.75, 3.05) is 0 Å². The molecule has 0 aromatic heterocycles. The normalized spacial score (nSPS) is 4.25. The molecule has 1 atom stereocenters. The Labute approximate surface area is 34.8 Å². The summed E-state index contributed by atoms with van der Waals surface area (Å²) in [5.41, 5.74) is 0. The standard InChI is InChI=1S/B2H2PS/c3-1-2-4/h3H2. The molecule has 0 nitrogen and oxygen atoms in total. The van der Waals surface area contributed by atoms with Gasteiger partial charge in [0.15, 0.2) is 0 Å². The van der Waals surface area contributed by atoms with E-state index in [2.05, 4.69) is 21.2 Å². The van der Waals surface area contributed by atoms with Gasteiger partial charge in [-0.3, -0.25) is 0 Å². The van der Waals surface area contributed by atoms with Crippen LogP contribution in [-0.2, 0) is 0 Å². The van der Waals surface area contributed by atoms with Crippen molar-refractivity contribution in [3.05, 3.63) is 0 Å². The molecule has 0 rings (SSSR count). The summed E-state index contributed by atoms with van der Waals surface area (Å²) >= 11 is 4.35. The molecule has 19 valence electrons. The number of rotatable bonds is 1. The van der Waals surface area contributed by atoms with Crippen LogP contribution in [0.4, 0.5) is 0 Å². The van der Waals surface area contributed by atoms with Crippen LogP contribution in [0.3, 0.4) is 0 Å². The Balaban J connectivity index is 2.30. The minimum atomic E-state index is 1.55. The minimum absolute atomic E-state index is 1.55. The van der Waals surface area contributed by atoms with Crippen molar-refractivity contribution >= 4 is 34.1 Å². The first kappa shape index (κ1) is 4.78. The SMILES string of the molecule is P[B]B=S. The van der Waals surface area contributed by atoms with Crippen LogP contribution in [0.2, 0.25) is 0 Å². The molecule has 0 aromatic rings. The van der Waals surface area contributed by atoms with Crippen LogP contribution in [0.5, 0.6) is 0 Å². The van der Waals surface area contributed by atoms with E-state index in [-0.39, 0.29) is 0 Å². The summed E-state index contributed by atoms with van der Waals surface area (Å²) in [6.07, 6.45) is 0. The third-order valence-electron chi connectivity index (χ3n) is 0.0786. The van der Waals surface area contributed by atoms with E-state index in [0.29, 0.717) is 0 Å². The predicted molar refractivity (Wildman–Crippen MR) is 28.8 cm³/mol. The van der Waals surface area contributed by atoms with E-state index in [1.807, 2.05) is 0 Å². The topological polar surface area (TPSA) is 0 Å². The van der Waals surface area contributed by atoms with Crippen molar-refractivity contribution in [1.82, 2.24) is 0 Å². The van der Waals surface area contributed by atoms with Gasteiger partial charge in [0.2, 0.25) is 0 Å². The van der Waals surface area contributed by atoms with Crippen LogP contribution in [0.1, 0.15) is 0 Å². The fourth-order valence-electron chi connectivity index (χ4n) is 0. The van der Waals surface area contributed by atoms with Crippen molar-refractivity contribution in [2.45, 2.75) is 0 Å². The third kappa shape index (κ3) is 2.78. The molecule has 4 heteroatoms. The summed E-state index contributed by atoms with van der Waals surface area (Å²) in [5.74, 6) is 0. The van der Waals surface area contributed by atoms with Gasteiger partial charge in [-0.1, -0.05) is 0 Å². The van der Waals surface area contributed by atoms with Crippen LogP contribution < -0.4 is 0 Å². The van der Waals surface area contributed by atoms with Crippen LogP contribution in [-0.4, -0.2) is 12.9 Å². The van der Waals surface area contributed by atoms with E-state index >= 15 is 0 Å². The Morgan fingerprint density at radius 1 is 1.75 bits per heavy atom. The Kier molecular flexibility index (Phi) is 4.52. The molecule has 0 aromatic carbocycles. The van der Waals surface area contributed by atoms with E-state index in [0.717, 1.165) is 0 Å².